The summed E-state index contributed by atoms with van der Waals surface area (Å²) >= 11 is 11.3. The van der Waals surface area contributed by atoms with E-state index in [2.05, 4.69) is 4.98 Å². The second-order valence-electron chi connectivity index (χ2n) is 3.68. The topological polar surface area (TPSA) is 30.0 Å². The molecule has 0 spiro atoms. The van der Waals surface area contributed by atoms with Crippen LogP contribution in [-0.4, -0.2) is 10.8 Å². The number of hydrogen-bond acceptors (Lipinski definition) is 2. The number of pyridine rings is 1. The fraction of sp³-hybridized carbons (Fsp3) is 0.0769. The van der Waals surface area contributed by atoms with Crippen molar-refractivity contribution in [1.82, 2.24) is 4.98 Å². The Bertz CT molecular complexity index is 601. The average Bonchev–Trinajstić information content (AvgIpc) is 2.35. The number of hydrogen-bond donors (Lipinski definition) is 0. The van der Waals surface area contributed by atoms with Gasteiger partial charge in [0, 0.05) is 18.2 Å². The molecule has 0 bridgehead atoms. The van der Waals surface area contributed by atoms with Crippen molar-refractivity contribution >= 4 is 29.0 Å². The summed E-state index contributed by atoms with van der Waals surface area (Å²) in [5.74, 6) is -0.798. The Hall–Kier alpha value is -1.45. The van der Waals surface area contributed by atoms with Gasteiger partial charge in [0.1, 0.15) is 11.0 Å². The van der Waals surface area contributed by atoms with Gasteiger partial charge in [-0.3, -0.25) is 4.79 Å². The summed E-state index contributed by atoms with van der Waals surface area (Å²) < 4.78 is 13.6. The van der Waals surface area contributed by atoms with Gasteiger partial charge < -0.3 is 0 Å². The molecule has 0 atom stereocenters. The lowest BCUT2D eigenvalue weighted by atomic mass is 10.0. The Morgan fingerprint density at radius 2 is 2.06 bits per heavy atom. The monoisotopic (exact) mass is 283 g/mol. The predicted octanol–water partition coefficient (Wildman–Crippen LogP) is 3.95. The van der Waals surface area contributed by atoms with E-state index < -0.39 is 5.82 Å². The van der Waals surface area contributed by atoms with E-state index in [9.17, 15) is 9.18 Å². The van der Waals surface area contributed by atoms with Crippen molar-refractivity contribution in [1.29, 1.82) is 0 Å². The lowest BCUT2D eigenvalue weighted by Crippen LogP contribution is -2.05. The molecule has 0 amide bonds. The number of ketones is 1. The minimum absolute atomic E-state index is 0.00746. The van der Waals surface area contributed by atoms with E-state index in [0.29, 0.717) is 5.56 Å². The highest BCUT2D eigenvalue weighted by Crippen LogP contribution is 2.19. The summed E-state index contributed by atoms with van der Waals surface area (Å²) in [6.45, 7) is 0. The lowest BCUT2D eigenvalue weighted by Gasteiger charge is -2.04. The third kappa shape index (κ3) is 2.86. The van der Waals surface area contributed by atoms with Crippen LogP contribution in [0.5, 0.6) is 0 Å². The molecular weight excluding hydrogens is 276 g/mol. The van der Waals surface area contributed by atoms with Gasteiger partial charge in [-0.25, -0.2) is 9.37 Å². The van der Waals surface area contributed by atoms with Crippen LogP contribution < -0.4 is 0 Å². The van der Waals surface area contributed by atoms with Crippen molar-refractivity contribution in [2.24, 2.45) is 0 Å². The van der Waals surface area contributed by atoms with E-state index in [1.54, 1.807) is 6.07 Å². The predicted molar refractivity (Wildman–Crippen MR) is 68.7 cm³/mol. The van der Waals surface area contributed by atoms with Crippen molar-refractivity contribution in [2.45, 2.75) is 6.42 Å². The van der Waals surface area contributed by atoms with E-state index in [1.807, 2.05) is 0 Å². The van der Waals surface area contributed by atoms with Gasteiger partial charge in [-0.15, -0.1) is 0 Å². The Morgan fingerprint density at radius 3 is 2.78 bits per heavy atom. The molecule has 0 saturated carbocycles. The SMILES string of the molecule is O=C(Cc1cccc(Cl)c1F)c1ccnc(Cl)c1. The van der Waals surface area contributed by atoms with E-state index in [4.69, 9.17) is 23.2 Å². The van der Waals surface area contributed by atoms with E-state index >= 15 is 0 Å². The number of nitrogens with zero attached hydrogens (tertiary/aromatic N) is 1. The van der Waals surface area contributed by atoms with Crippen LogP contribution in [0.4, 0.5) is 4.39 Å². The minimum atomic E-state index is -0.562. The summed E-state index contributed by atoms with van der Waals surface area (Å²) in [6.07, 6.45) is 1.37. The summed E-state index contributed by atoms with van der Waals surface area (Å²) in [4.78, 5) is 15.7. The Balaban J connectivity index is 2.24. The molecule has 0 N–H and O–H groups in total. The minimum Gasteiger partial charge on any atom is -0.294 e. The zero-order valence-electron chi connectivity index (χ0n) is 9.16. The fourth-order valence-corrected chi connectivity index (χ4v) is 1.90. The molecule has 1 heterocycles. The maximum atomic E-state index is 13.6. The summed E-state index contributed by atoms with van der Waals surface area (Å²) in [7, 11) is 0. The van der Waals surface area contributed by atoms with Gasteiger partial charge in [-0.05, 0) is 23.8 Å². The number of carbonyl (C=O) groups is 1. The molecule has 0 unspecified atom stereocenters. The summed E-state index contributed by atoms with van der Waals surface area (Å²) in [5, 5.41) is 0.237. The van der Waals surface area contributed by atoms with Crippen LogP contribution in [0.15, 0.2) is 36.5 Å². The molecule has 2 aromatic rings. The molecule has 5 heteroatoms. The fourth-order valence-electron chi connectivity index (χ4n) is 1.54. The first kappa shape index (κ1) is 13.0. The second kappa shape index (κ2) is 5.46. The van der Waals surface area contributed by atoms with Gasteiger partial charge in [-0.1, -0.05) is 35.3 Å². The molecule has 0 fully saturated rings. The Morgan fingerprint density at radius 1 is 1.28 bits per heavy atom. The van der Waals surface area contributed by atoms with Crippen LogP contribution in [0.2, 0.25) is 10.2 Å². The van der Waals surface area contributed by atoms with Crippen LogP contribution in [0.3, 0.4) is 0 Å². The van der Waals surface area contributed by atoms with E-state index in [0.717, 1.165) is 0 Å². The number of benzene rings is 1. The van der Waals surface area contributed by atoms with Crippen molar-refractivity contribution in [3.63, 3.8) is 0 Å². The standard InChI is InChI=1S/C13H8Cl2FNO/c14-10-3-1-2-9(13(10)16)6-11(18)8-4-5-17-12(15)7-8/h1-5,7H,6H2. The van der Waals surface area contributed by atoms with Crippen molar-refractivity contribution in [3.05, 3.63) is 63.6 Å². The van der Waals surface area contributed by atoms with Gasteiger partial charge in [0.15, 0.2) is 5.78 Å². The number of aromatic nitrogens is 1. The van der Waals surface area contributed by atoms with Crippen LogP contribution in [0.25, 0.3) is 0 Å². The molecule has 0 aliphatic carbocycles. The third-order valence-electron chi connectivity index (χ3n) is 2.43. The number of halogens is 3. The number of carbonyl (C=O) groups excluding carboxylic acids is 1. The maximum absolute atomic E-state index is 13.6. The van der Waals surface area contributed by atoms with Crippen LogP contribution in [-0.2, 0) is 6.42 Å². The van der Waals surface area contributed by atoms with Gasteiger partial charge >= 0.3 is 0 Å². The summed E-state index contributed by atoms with van der Waals surface area (Å²) in [6, 6.07) is 7.56. The highest BCUT2D eigenvalue weighted by Gasteiger charge is 2.12. The number of Topliss-reactive ketones (excluding diaryl/α,β-unsaturated/α-hetero) is 1. The molecule has 1 aromatic heterocycles. The normalized spacial score (nSPS) is 10.4. The van der Waals surface area contributed by atoms with Gasteiger partial charge in [0.2, 0.25) is 0 Å². The average molecular weight is 284 g/mol. The molecule has 18 heavy (non-hydrogen) atoms. The third-order valence-corrected chi connectivity index (χ3v) is 2.93. The quantitative estimate of drug-likeness (QED) is 0.631. The molecule has 1 aromatic carbocycles. The van der Waals surface area contributed by atoms with E-state index in [1.165, 1.54) is 30.5 Å². The molecule has 2 nitrogen and oxygen atoms in total. The van der Waals surface area contributed by atoms with Crippen LogP contribution in [0, 0.1) is 5.82 Å². The molecule has 0 radical (unpaired) electrons. The van der Waals surface area contributed by atoms with E-state index in [-0.39, 0.29) is 27.9 Å². The van der Waals surface area contributed by atoms with Crippen LogP contribution in [0.1, 0.15) is 15.9 Å². The first-order chi connectivity index (χ1) is 8.58. The first-order valence-electron chi connectivity index (χ1n) is 5.15. The Kier molecular flexibility index (Phi) is 3.94. The van der Waals surface area contributed by atoms with Crippen molar-refractivity contribution < 1.29 is 9.18 Å². The molecule has 2 rings (SSSR count). The van der Waals surface area contributed by atoms with Gasteiger partial charge in [0.05, 0.1) is 5.02 Å². The summed E-state index contributed by atoms with van der Waals surface area (Å²) in [5.41, 5.74) is 0.662. The van der Waals surface area contributed by atoms with Crippen molar-refractivity contribution in [2.75, 3.05) is 0 Å². The van der Waals surface area contributed by atoms with Gasteiger partial charge in [0.25, 0.3) is 0 Å². The van der Waals surface area contributed by atoms with Crippen LogP contribution >= 0.6 is 23.2 Å². The molecule has 92 valence electrons. The largest absolute Gasteiger partial charge is 0.294 e. The zero-order chi connectivity index (χ0) is 13.1. The molecule has 0 saturated heterocycles. The lowest BCUT2D eigenvalue weighted by molar-refractivity contribution is 0.0991. The second-order valence-corrected chi connectivity index (χ2v) is 4.47. The smallest absolute Gasteiger partial charge is 0.167 e. The first-order valence-corrected chi connectivity index (χ1v) is 5.91. The molecule has 0 aliphatic rings. The Labute approximate surface area is 113 Å². The highest BCUT2D eigenvalue weighted by atomic mass is 35.5. The molecule has 0 aliphatic heterocycles. The van der Waals surface area contributed by atoms with Crippen molar-refractivity contribution in [3.8, 4) is 0 Å². The molecular formula is C13H8Cl2FNO. The maximum Gasteiger partial charge on any atom is 0.167 e. The zero-order valence-corrected chi connectivity index (χ0v) is 10.7. The number of rotatable bonds is 3. The van der Waals surface area contributed by atoms with Gasteiger partial charge in [-0.2, -0.15) is 0 Å². The highest BCUT2D eigenvalue weighted by molar-refractivity contribution is 6.31.